The van der Waals surface area contributed by atoms with Crippen molar-refractivity contribution in [2.24, 2.45) is 0 Å². The Morgan fingerprint density at radius 3 is 2.43 bits per heavy atom. The number of hydrogen-bond donors (Lipinski definition) is 3. The van der Waals surface area contributed by atoms with Crippen LogP contribution in [0.4, 0.5) is 15.9 Å². The minimum atomic E-state index is -0.407. The molecule has 0 saturated carbocycles. The monoisotopic (exact) mass is 468 g/mol. The molecule has 3 aromatic heterocycles. The first-order valence-electron chi connectivity index (χ1n) is 10.6. The maximum atomic E-state index is 13.0. The summed E-state index contributed by atoms with van der Waals surface area (Å²) in [5.74, 6) is 0.179. The fourth-order valence-corrected chi connectivity index (χ4v) is 3.14. The Hall–Kier alpha value is -4.92. The Kier molecular flexibility index (Phi) is 7.17. The summed E-state index contributed by atoms with van der Waals surface area (Å²) in [7, 11) is 0. The largest absolute Gasteiger partial charge is 0.337 e. The fraction of sp³-hybridized carbons (Fsp3) is 0.0385. The van der Waals surface area contributed by atoms with Gasteiger partial charge < -0.3 is 15.6 Å². The summed E-state index contributed by atoms with van der Waals surface area (Å²) < 4.78 is 13.0. The molecular weight excluding hydrogens is 447 g/mol. The molecule has 2 amide bonds. The number of carbonyl (C=O) groups excluding carboxylic acids is 2. The third kappa shape index (κ3) is 6.11. The zero-order valence-electron chi connectivity index (χ0n) is 18.7. The number of aryl methyl sites for hydroxylation is 1. The molecule has 0 aliphatic heterocycles. The second kappa shape index (κ2) is 10.8. The van der Waals surface area contributed by atoms with E-state index in [1.165, 1.54) is 29.8 Å². The highest BCUT2D eigenvalue weighted by molar-refractivity contribution is 6.04. The number of anilines is 2. The molecule has 2 aromatic carbocycles. The lowest BCUT2D eigenvalue weighted by Gasteiger charge is -2.04. The molecule has 0 unspecified atom stereocenters. The summed E-state index contributed by atoms with van der Waals surface area (Å²) in [6.07, 6.45) is 5.80. The minimum Gasteiger partial charge on any atom is -0.337 e. The number of carbonyl (C=O) groups is 2. The molecule has 9 heteroatoms. The van der Waals surface area contributed by atoms with Crippen LogP contribution in [0.15, 0.2) is 85.3 Å². The van der Waals surface area contributed by atoms with Crippen LogP contribution in [-0.4, -0.2) is 32.3 Å². The third-order valence-corrected chi connectivity index (χ3v) is 4.91. The van der Waals surface area contributed by atoms with Crippen LogP contribution < -0.4 is 10.6 Å². The Labute approximate surface area is 200 Å². The summed E-state index contributed by atoms with van der Waals surface area (Å²) in [4.78, 5) is 38.5. The second-order valence-electron chi connectivity index (χ2n) is 7.50. The molecule has 0 fully saturated rings. The van der Waals surface area contributed by atoms with Gasteiger partial charge in [0.1, 0.15) is 17.5 Å². The van der Waals surface area contributed by atoms with E-state index in [2.05, 4.69) is 30.6 Å². The highest BCUT2D eigenvalue weighted by Crippen LogP contribution is 2.23. The van der Waals surface area contributed by atoms with E-state index in [-0.39, 0.29) is 5.91 Å². The molecule has 0 saturated heterocycles. The van der Waals surface area contributed by atoms with Gasteiger partial charge in [0.25, 0.3) is 5.91 Å². The zero-order valence-corrected chi connectivity index (χ0v) is 18.7. The fourth-order valence-electron chi connectivity index (χ4n) is 3.14. The van der Waals surface area contributed by atoms with Gasteiger partial charge in [-0.05, 0) is 67.1 Å². The highest BCUT2D eigenvalue weighted by Gasteiger charge is 2.10. The molecule has 0 bridgehead atoms. The molecule has 3 N–H and O–H groups in total. The van der Waals surface area contributed by atoms with Crippen molar-refractivity contribution in [1.29, 1.82) is 0 Å². The molecule has 0 spiro atoms. The van der Waals surface area contributed by atoms with E-state index in [1.807, 2.05) is 37.4 Å². The van der Waals surface area contributed by atoms with Gasteiger partial charge in [-0.1, -0.05) is 6.07 Å². The van der Waals surface area contributed by atoms with Crippen molar-refractivity contribution in [2.45, 2.75) is 6.92 Å². The van der Waals surface area contributed by atoms with Crippen molar-refractivity contribution in [3.63, 3.8) is 0 Å². The van der Waals surface area contributed by atoms with Crippen LogP contribution in [0.1, 0.15) is 15.9 Å². The average Bonchev–Trinajstić information content (AvgIpc) is 3.29. The van der Waals surface area contributed by atoms with Crippen molar-refractivity contribution in [3.05, 3.63) is 102 Å². The molecule has 8 nitrogen and oxygen atoms in total. The summed E-state index contributed by atoms with van der Waals surface area (Å²) >= 11 is 0. The van der Waals surface area contributed by atoms with E-state index in [4.69, 9.17) is 0 Å². The molecule has 174 valence electrons. The van der Waals surface area contributed by atoms with Crippen molar-refractivity contribution < 1.29 is 14.0 Å². The quantitative estimate of drug-likeness (QED) is 0.315. The number of rotatable bonds is 5. The lowest BCUT2D eigenvalue weighted by atomic mass is 10.2. The molecule has 0 aliphatic carbocycles. The maximum absolute atomic E-state index is 13.0. The van der Waals surface area contributed by atoms with E-state index in [0.29, 0.717) is 40.3 Å². The summed E-state index contributed by atoms with van der Waals surface area (Å²) in [5, 5.41) is 5.25. The Morgan fingerprint density at radius 2 is 1.80 bits per heavy atom. The second-order valence-corrected chi connectivity index (χ2v) is 7.50. The van der Waals surface area contributed by atoms with Crippen molar-refractivity contribution in [2.75, 3.05) is 10.6 Å². The number of nitrogens with one attached hydrogen (secondary N) is 3. The van der Waals surface area contributed by atoms with Crippen LogP contribution in [-0.2, 0) is 4.79 Å². The Balaban J connectivity index is 0.000000356. The molecule has 0 aliphatic rings. The first-order valence-corrected chi connectivity index (χ1v) is 10.6. The van der Waals surface area contributed by atoms with Crippen LogP contribution >= 0.6 is 0 Å². The highest BCUT2D eigenvalue weighted by atomic mass is 19.1. The van der Waals surface area contributed by atoms with Crippen LogP contribution in [0, 0.1) is 12.7 Å². The number of H-pyrrole nitrogens is 1. The number of amides is 2. The Bertz CT molecular complexity index is 1430. The topological polar surface area (TPSA) is 113 Å². The number of halogens is 1. The molecular formula is C26H21FN6O2. The van der Waals surface area contributed by atoms with E-state index >= 15 is 0 Å². The average molecular weight is 468 g/mol. The number of hydrogen-bond acceptors (Lipinski definition) is 5. The molecule has 5 aromatic rings. The van der Waals surface area contributed by atoms with E-state index in [9.17, 15) is 14.0 Å². The lowest BCUT2D eigenvalue weighted by molar-refractivity contribution is -0.105. The number of imidazole rings is 1. The molecule has 5 rings (SSSR count). The molecule has 35 heavy (non-hydrogen) atoms. The van der Waals surface area contributed by atoms with Gasteiger partial charge in [0.2, 0.25) is 6.41 Å². The Morgan fingerprint density at radius 1 is 1.03 bits per heavy atom. The minimum absolute atomic E-state index is 0.329. The first-order chi connectivity index (χ1) is 17.0. The SMILES string of the molecule is Cc1cccnc1.O=CNc1ccc(-c2nc3cc(NC(=O)c4ccc(F)cc4)ncc3[nH]2)cc1. The van der Waals surface area contributed by atoms with Crippen LogP contribution in [0.25, 0.3) is 22.4 Å². The van der Waals surface area contributed by atoms with Crippen LogP contribution in [0.2, 0.25) is 0 Å². The number of pyridine rings is 2. The zero-order chi connectivity index (χ0) is 24.6. The molecule has 0 atom stereocenters. The van der Waals surface area contributed by atoms with Gasteiger partial charge in [-0.2, -0.15) is 0 Å². The third-order valence-electron chi connectivity index (χ3n) is 4.91. The number of aromatic nitrogens is 4. The normalized spacial score (nSPS) is 10.2. The molecule has 0 radical (unpaired) electrons. The van der Waals surface area contributed by atoms with Gasteiger partial charge in [-0.3, -0.25) is 14.6 Å². The van der Waals surface area contributed by atoms with E-state index in [1.54, 1.807) is 30.6 Å². The number of nitrogens with zero attached hydrogens (tertiary/aromatic N) is 3. The predicted octanol–water partition coefficient (Wildman–Crippen LogP) is 4.97. The summed E-state index contributed by atoms with van der Waals surface area (Å²) in [5.41, 5.74) is 4.41. The van der Waals surface area contributed by atoms with Crippen LogP contribution in [0.3, 0.4) is 0 Å². The van der Waals surface area contributed by atoms with Gasteiger partial charge in [0.05, 0.1) is 17.2 Å². The van der Waals surface area contributed by atoms with Gasteiger partial charge in [-0.25, -0.2) is 14.4 Å². The van der Waals surface area contributed by atoms with E-state index < -0.39 is 5.82 Å². The number of benzene rings is 2. The first kappa shape index (κ1) is 23.2. The van der Waals surface area contributed by atoms with Gasteiger partial charge in [0.15, 0.2) is 0 Å². The summed E-state index contributed by atoms with van der Waals surface area (Å²) in [6, 6.07) is 18.0. The number of fused-ring (bicyclic) bond motifs is 1. The van der Waals surface area contributed by atoms with Crippen molar-refractivity contribution in [3.8, 4) is 11.4 Å². The predicted molar refractivity (Wildman–Crippen MR) is 132 cm³/mol. The number of aromatic amines is 1. The maximum Gasteiger partial charge on any atom is 0.256 e. The van der Waals surface area contributed by atoms with Crippen molar-refractivity contribution in [1.82, 2.24) is 19.9 Å². The van der Waals surface area contributed by atoms with Crippen molar-refractivity contribution >= 4 is 34.9 Å². The van der Waals surface area contributed by atoms with E-state index in [0.717, 1.165) is 5.56 Å². The lowest BCUT2D eigenvalue weighted by Crippen LogP contribution is -2.12. The standard InChI is InChI=1S/C20H14FN5O2.C6H7N/c21-14-5-1-13(2-6-14)20(28)26-18-9-16-17(10-22-18)25-19(24-16)12-3-7-15(8-4-12)23-11-27;1-6-3-2-4-7-5-6/h1-11H,(H,23,27)(H,24,25)(H,22,26,28);2-5H,1H3. The molecule has 3 heterocycles. The van der Waals surface area contributed by atoms with Crippen LogP contribution in [0.5, 0.6) is 0 Å². The smallest absolute Gasteiger partial charge is 0.256 e. The van der Waals surface area contributed by atoms with Gasteiger partial charge >= 0.3 is 0 Å². The van der Waals surface area contributed by atoms with Gasteiger partial charge in [0, 0.05) is 35.3 Å². The summed E-state index contributed by atoms with van der Waals surface area (Å²) in [6.45, 7) is 2.02. The van der Waals surface area contributed by atoms with Gasteiger partial charge in [-0.15, -0.1) is 0 Å².